The zero-order chi connectivity index (χ0) is 15.4. The highest BCUT2D eigenvalue weighted by molar-refractivity contribution is 5.33. The van der Waals surface area contributed by atoms with Crippen molar-refractivity contribution in [2.24, 2.45) is 17.8 Å². The zero-order valence-electron chi connectivity index (χ0n) is 14.6. The molecule has 1 N–H and O–H groups in total. The Labute approximate surface area is 131 Å². The third-order valence-corrected chi connectivity index (χ3v) is 5.42. The molecule has 0 spiro atoms. The maximum absolute atomic E-state index is 3.77. The number of benzene rings is 1. The molecule has 1 aromatic rings. The Hall–Kier alpha value is -0.820. The Morgan fingerprint density at radius 2 is 1.67 bits per heavy atom. The van der Waals surface area contributed by atoms with Crippen molar-refractivity contribution in [1.29, 1.82) is 0 Å². The second kappa shape index (κ2) is 7.45. The molecule has 1 fully saturated rings. The second-order valence-corrected chi connectivity index (χ2v) is 7.31. The van der Waals surface area contributed by atoms with Crippen molar-refractivity contribution in [3.63, 3.8) is 0 Å². The zero-order valence-corrected chi connectivity index (χ0v) is 14.6. The van der Waals surface area contributed by atoms with E-state index in [1.165, 1.54) is 42.4 Å². The number of nitrogens with one attached hydrogen (secondary N) is 1. The van der Waals surface area contributed by atoms with Gasteiger partial charge >= 0.3 is 0 Å². The molecule has 0 radical (unpaired) electrons. The van der Waals surface area contributed by atoms with Crippen LogP contribution < -0.4 is 5.32 Å². The molecule has 21 heavy (non-hydrogen) atoms. The van der Waals surface area contributed by atoms with Crippen molar-refractivity contribution in [2.45, 2.75) is 66.3 Å². The maximum Gasteiger partial charge on any atom is 0.0351 e. The highest BCUT2D eigenvalue weighted by Gasteiger charge is 2.29. The predicted molar refractivity (Wildman–Crippen MR) is 92.6 cm³/mol. The molecular weight excluding hydrogens is 254 g/mol. The molecule has 0 amide bonds. The summed E-state index contributed by atoms with van der Waals surface area (Å²) in [5.41, 5.74) is 4.34. The molecule has 0 aliphatic heterocycles. The second-order valence-electron chi connectivity index (χ2n) is 7.31. The molecule has 1 saturated carbocycles. The van der Waals surface area contributed by atoms with E-state index in [0.717, 1.165) is 24.3 Å². The van der Waals surface area contributed by atoms with E-state index in [-0.39, 0.29) is 0 Å². The summed E-state index contributed by atoms with van der Waals surface area (Å²) in [5.74, 6) is 2.61. The first kappa shape index (κ1) is 16.5. The van der Waals surface area contributed by atoms with Gasteiger partial charge in [0.2, 0.25) is 0 Å². The topological polar surface area (TPSA) is 12.0 Å². The summed E-state index contributed by atoms with van der Waals surface area (Å²) in [4.78, 5) is 0. The van der Waals surface area contributed by atoms with Crippen molar-refractivity contribution < 1.29 is 0 Å². The van der Waals surface area contributed by atoms with Crippen LogP contribution in [0.15, 0.2) is 18.2 Å². The maximum atomic E-state index is 3.77. The molecule has 1 nitrogen and oxygen atoms in total. The number of aryl methyl sites for hydroxylation is 2. The van der Waals surface area contributed by atoms with Crippen LogP contribution in [0.3, 0.4) is 0 Å². The predicted octanol–water partition coefficient (Wildman–Crippen LogP) is 5.42. The Morgan fingerprint density at radius 1 is 1.05 bits per heavy atom. The van der Waals surface area contributed by atoms with Crippen molar-refractivity contribution in [3.8, 4) is 0 Å². The Kier molecular flexibility index (Phi) is 5.87. The molecule has 1 unspecified atom stereocenters. The van der Waals surface area contributed by atoms with Gasteiger partial charge in [0.1, 0.15) is 0 Å². The van der Waals surface area contributed by atoms with Gasteiger partial charge in [-0.25, -0.2) is 0 Å². The Bertz CT molecular complexity index is 441. The lowest BCUT2D eigenvalue weighted by molar-refractivity contribution is 0.189. The van der Waals surface area contributed by atoms with Crippen LogP contribution in [0, 0.1) is 31.6 Å². The van der Waals surface area contributed by atoms with Gasteiger partial charge in [0.15, 0.2) is 0 Å². The summed E-state index contributed by atoms with van der Waals surface area (Å²) in [5, 5.41) is 3.77. The minimum Gasteiger partial charge on any atom is -0.310 e. The van der Waals surface area contributed by atoms with Crippen LogP contribution in [-0.4, -0.2) is 6.54 Å². The van der Waals surface area contributed by atoms with E-state index in [9.17, 15) is 0 Å². The monoisotopic (exact) mass is 287 g/mol. The third kappa shape index (κ3) is 4.10. The summed E-state index contributed by atoms with van der Waals surface area (Å²) < 4.78 is 0. The first-order valence-electron chi connectivity index (χ1n) is 8.83. The molecule has 1 aliphatic carbocycles. The number of hydrogen-bond donors (Lipinski definition) is 1. The van der Waals surface area contributed by atoms with Gasteiger partial charge in [-0.2, -0.15) is 0 Å². The van der Waals surface area contributed by atoms with Crippen LogP contribution in [0.2, 0.25) is 0 Å². The average Bonchev–Trinajstić information content (AvgIpc) is 2.46. The van der Waals surface area contributed by atoms with Crippen LogP contribution in [0.25, 0.3) is 0 Å². The van der Waals surface area contributed by atoms with E-state index >= 15 is 0 Å². The number of hydrogen-bond acceptors (Lipinski definition) is 1. The van der Waals surface area contributed by atoms with Crippen LogP contribution in [0.1, 0.15) is 69.2 Å². The molecule has 0 aromatic heterocycles. The fraction of sp³-hybridized carbons (Fsp3) is 0.700. The molecular formula is C20H33N. The average molecular weight is 287 g/mol. The van der Waals surface area contributed by atoms with Gasteiger partial charge in [-0.05, 0) is 75.0 Å². The normalized spacial score (nSPS) is 24.3. The molecule has 2 rings (SSSR count). The number of rotatable bonds is 5. The molecule has 1 atom stereocenters. The van der Waals surface area contributed by atoms with Gasteiger partial charge in [0.25, 0.3) is 0 Å². The largest absolute Gasteiger partial charge is 0.310 e. The molecule has 1 aliphatic rings. The Morgan fingerprint density at radius 3 is 2.19 bits per heavy atom. The van der Waals surface area contributed by atoms with Gasteiger partial charge < -0.3 is 5.32 Å². The van der Waals surface area contributed by atoms with E-state index < -0.39 is 0 Å². The van der Waals surface area contributed by atoms with Gasteiger partial charge in [-0.15, -0.1) is 0 Å². The third-order valence-electron chi connectivity index (χ3n) is 5.42. The molecule has 0 bridgehead atoms. The Balaban J connectivity index is 2.12. The molecule has 0 saturated heterocycles. The highest BCUT2D eigenvalue weighted by atomic mass is 14.9. The SMILES string of the molecule is CCNC(c1ccc(C)cc1C)C1CCC(C(C)C)CC1. The van der Waals surface area contributed by atoms with Crippen molar-refractivity contribution in [3.05, 3.63) is 34.9 Å². The van der Waals surface area contributed by atoms with E-state index in [1.54, 1.807) is 0 Å². The van der Waals surface area contributed by atoms with Gasteiger partial charge in [-0.1, -0.05) is 44.5 Å². The van der Waals surface area contributed by atoms with Gasteiger partial charge in [0.05, 0.1) is 0 Å². The highest BCUT2D eigenvalue weighted by Crippen LogP contribution is 2.40. The van der Waals surface area contributed by atoms with E-state index in [4.69, 9.17) is 0 Å². The van der Waals surface area contributed by atoms with Crippen molar-refractivity contribution in [2.75, 3.05) is 6.54 Å². The lowest BCUT2D eigenvalue weighted by Gasteiger charge is -2.36. The van der Waals surface area contributed by atoms with Gasteiger partial charge in [-0.3, -0.25) is 0 Å². The van der Waals surface area contributed by atoms with Crippen LogP contribution >= 0.6 is 0 Å². The molecule has 118 valence electrons. The molecule has 1 heteroatoms. The summed E-state index contributed by atoms with van der Waals surface area (Å²) in [6.07, 6.45) is 5.59. The minimum absolute atomic E-state index is 0.545. The standard InChI is InChI=1S/C20H33N/c1-6-21-20(19-12-7-15(4)13-16(19)5)18-10-8-17(9-11-18)14(2)3/h7,12-14,17-18,20-21H,6,8-11H2,1-5H3. The lowest BCUT2D eigenvalue weighted by Crippen LogP contribution is -2.32. The van der Waals surface area contributed by atoms with E-state index in [0.29, 0.717) is 6.04 Å². The van der Waals surface area contributed by atoms with Crippen LogP contribution in [0.4, 0.5) is 0 Å². The van der Waals surface area contributed by atoms with Crippen molar-refractivity contribution >= 4 is 0 Å². The van der Waals surface area contributed by atoms with Crippen molar-refractivity contribution in [1.82, 2.24) is 5.32 Å². The first-order valence-corrected chi connectivity index (χ1v) is 8.83. The summed E-state index contributed by atoms with van der Waals surface area (Å²) >= 11 is 0. The summed E-state index contributed by atoms with van der Waals surface area (Å²) in [7, 11) is 0. The summed E-state index contributed by atoms with van der Waals surface area (Å²) in [6, 6.07) is 7.50. The van der Waals surface area contributed by atoms with E-state index in [1.807, 2.05) is 0 Å². The molecule has 0 heterocycles. The van der Waals surface area contributed by atoms with Crippen LogP contribution in [0.5, 0.6) is 0 Å². The molecule has 1 aromatic carbocycles. The summed E-state index contributed by atoms with van der Waals surface area (Å²) in [6.45, 7) is 12.5. The lowest BCUT2D eigenvalue weighted by atomic mass is 9.73. The van der Waals surface area contributed by atoms with E-state index in [2.05, 4.69) is 58.1 Å². The van der Waals surface area contributed by atoms with Crippen LogP contribution in [-0.2, 0) is 0 Å². The first-order chi connectivity index (χ1) is 10.0. The van der Waals surface area contributed by atoms with Gasteiger partial charge in [0, 0.05) is 6.04 Å². The fourth-order valence-corrected chi connectivity index (χ4v) is 4.07. The minimum atomic E-state index is 0.545. The smallest absolute Gasteiger partial charge is 0.0351 e. The quantitative estimate of drug-likeness (QED) is 0.763. The fourth-order valence-electron chi connectivity index (χ4n) is 4.07.